The molecule has 1 N–H and O–H groups in total. The van der Waals surface area contributed by atoms with Gasteiger partial charge in [0.1, 0.15) is 5.75 Å². The fraction of sp³-hybridized carbons (Fsp3) is 0.538. The van der Waals surface area contributed by atoms with Gasteiger partial charge in [0.2, 0.25) is 0 Å². The van der Waals surface area contributed by atoms with E-state index in [1.54, 1.807) is 12.1 Å². The molecule has 2 nitrogen and oxygen atoms in total. The molecule has 0 aromatic heterocycles. The lowest BCUT2D eigenvalue weighted by Crippen LogP contribution is -2.23. The van der Waals surface area contributed by atoms with E-state index in [1.807, 2.05) is 12.1 Å². The molecule has 1 aromatic rings. The minimum absolute atomic E-state index is 0.0514. The highest BCUT2D eigenvalue weighted by atomic mass is 19.1. The van der Waals surface area contributed by atoms with Crippen LogP contribution in [0.4, 0.5) is 4.39 Å². The molecule has 0 amide bonds. The summed E-state index contributed by atoms with van der Waals surface area (Å²) in [5.41, 5.74) is 0.979. The first-order valence-corrected chi connectivity index (χ1v) is 5.74. The Bertz CT molecular complexity index is 317. The molecule has 1 fully saturated rings. The maximum Gasteiger partial charge on any atom is 0.115 e. The molecule has 1 unspecified atom stereocenters. The van der Waals surface area contributed by atoms with Gasteiger partial charge < -0.3 is 9.84 Å². The zero-order valence-corrected chi connectivity index (χ0v) is 9.23. The Balaban J connectivity index is 2.11. The Morgan fingerprint density at radius 2 is 1.88 bits per heavy atom. The van der Waals surface area contributed by atoms with Gasteiger partial charge in [-0.3, -0.25) is 4.39 Å². The van der Waals surface area contributed by atoms with Crippen molar-refractivity contribution >= 4 is 0 Å². The lowest BCUT2D eigenvalue weighted by molar-refractivity contribution is 0.0547. The second kappa shape index (κ2) is 5.30. The molecule has 88 valence electrons. The van der Waals surface area contributed by atoms with Crippen LogP contribution in [0.3, 0.4) is 0 Å². The second-order valence-electron chi connectivity index (χ2n) is 4.30. The Morgan fingerprint density at radius 1 is 1.25 bits per heavy atom. The normalized spacial score (nSPS) is 19.6. The number of rotatable bonds is 3. The molecular formula is C13H17FO2. The summed E-state index contributed by atoms with van der Waals surface area (Å²) in [6.07, 6.45) is 1.85. The second-order valence-corrected chi connectivity index (χ2v) is 4.30. The van der Waals surface area contributed by atoms with Crippen LogP contribution in [0.2, 0.25) is 0 Å². The van der Waals surface area contributed by atoms with E-state index >= 15 is 0 Å². The highest BCUT2D eigenvalue weighted by molar-refractivity contribution is 5.28. The first-order valence-electron chi connectivity index (χ1n) is 5.74. The molecule has 1 aliphatic heterocycles. The molecule has 0 saturated carbocycles. The zero-order valence-electron chi connectivity index (χ0n) is 9.23. The van der Waals surface area contributed by atoms with Crippen LogP contribution in [-0.4, -0.2) is 25.0 Å². The van der Waals surface area contributed by atoms with Crippen molar-refractivity contribution in [2.45, 2.75) is 18.8 Å². The smallest absolute Gasteiger partial charge is 0.115 e. The van der Waals surface area contributed by atoms with Gasteiger partial charge in [0.25, 0.3) is 0 Å². The van der Waals surface area contributed by atoms with Crippen LogP contribution in [0.15, 0.2) is 24.3 Å². The minimum Gasteiger partial charge on any atom is -0.508 e. The molecule has 3 heteroatoms. The van der Waals surface area contributed by atoms with Crippen molar-refractivity contribution < 1.29 is 14.2 Å². The van der Waals surface area contributed by atoms with E-state index in [4.69, 9.17) is 4.74 Å². The topological polar surface area (TPSA) is 29.5 Å². The standard InChI is InChI=1S/C13H17FO2/c14-9-13(11-5-7-16-8-6-11)10-1-3-12(15)4-2-10/h1-4,11,13,15H,5-9H2. The molecule has 1 atom stereocenters. The Kier molecular flexibility index (Phi) is 3.78. The largest absolute Gasteiger partial charge is 0.508 e. The van der Waals surface area contributed by atoms with E-state index in [-0.39, 0.29) is 18.3 Å². The number of ether oxygens (including phenoxy) is 1. The van der Waals surface area contributed by atoms with Crippen molar-refractivity contribution in [3.63, 3.8) is 0 Å². The molecule has 2 rings (SSSR count). The highest BCUT2D eigenvalue weighted by Crippen LogP contribution is 2.33. The van der Waals surface area contributed by atoms with Crippen LogP contribution in [-0.2, 0) is 4.74 Å². The third-order valence-corrected chi connectivity index (χ3v) is 3.32. The Labute approximate surface area is 95.1 Å². The first-order chi connectivity index (χ1) is 7.81. The molecule has 1 saturated heterocycles. The fourth-order valence-corrected chi connectivity index (χ4v) is 2.33. The van der Waals surface area contributed by atoms with Gasteiger partial charge >= 0.3 is 0 Å². The quantitative estimate of drug-likeness (QED) is 0.855. The van der Waals surface area contributed by atoms with Crippen molar-refractivity contribution in [3.05, 3.63) is 29.8 Å². The maximum atomic E-state index is 13.1. The summed E-state index contributed by atoms with van der Waals surface area (Å²) >= 11 is 0. The van der Waals surface area contributed by atoms with E-state index < -0.39 is 0 Å². The van der Waals surface area contributed by atoms with Crippen molar-refractivity contribution in [3.8, 4) is 5.75 Å². The monoisotopic (exact) mass is 224 g/mol. The van der Waals surface area contributed by atoms with Gasteiger partial charge in [-0.05, 0) is 36.5 Å². The third-order valence-electron chi connectivity index (χ3n) is 3.32. The van der Waals surface area contributed by atoms with Crippen LogP contribution in [0, 0.1) is 5.92 Å². The van der Waals surface area contributed by atoms with Crippen LogP contribution in [0.25, 0.3) is 0 Å². The van der Waals surface area contributed by atoms with Crippen LogP contribution < -0.4 is 0 Å². The summed E-state index contributed by atoms with van der Waals surface area (Å²) in [5, 5.41) is 9.21. The molecule has 0 aliphatic carbocycles. The van der Waals surface area contributed by atoms with Gasteiger partial charge in [0, 0.05) is 19.1 Å². The SMILES string of the molecule is Oc1ccc(C(CF)C2CCOCC2)cc1. The maximum absolute atomic E-state index is 13.1. The number of benzene rings is 1. The molecule has 16 heavy (non-hydrogen) atoms. The van der Waals surface area contributed by atoms with E-state index in [9.17, 15) is 9.50 Å². The Morgan fingerprint density at radius 3 is 2.44 bits per heavy atom. The first kappa shape index (κ1) is 11.4. The van der Waals surface area contributed by atoms with Gasteiger partial charge in [-0.2, -0.15) is 0 Å². The average Bonchev–Trinajstić information content (AvgIpc) is 2.34. The van der Waals surface area contributed by atoms with Crippen LogP contribution in [0.1, 0.15) is 24.3 Å². The van der Waals surface area contributed by atoms with Gasteiger partial charge in [-0.15, -0.1) is 0 Å². The van der Waals surface area contributed by atoms with E-state index in [0.717, 1.165) is 31.6 Å². The van der Waals surface area contributed by atoms with Gasteiger partial charge in [0.15, 0.2) is 0 Å². The van der Waals surface area contributed by atoms with Crippen molar-refractivity contribution in [2.24, 2.45) is 5.92 Å². The minimum atomic E-state index is -0.338. The highest BCUT2D eigenvalue weighted by Gasteiger charge is 2.25. The van der Waals surface area contributed by atoms with Crippen LogP contribution >= 0.6 is 0 Å². The Hall–Kier alpha value is -1.09. The van der Waals surface area contributed by atoms with Crippen molar-refractivity contribution in [1.82, 2.24) is 0 Å². The molecular weight excluding hydrogens is 207 g/mol. The molecule has 0 bridgehead atoms. The number of phenolic OH excluding ortho intramolecular Hbond substituents is 1. The van der Waals surface area contributed by atoms with E-state index in [1.165, 1.54) is 0 Å². The van der Waals surface area contributed by atoms with Gasteiger partial charge in [-0.25, -0.2) is 0 Å². The van der Waals surface area contributed by atoms with E-state index in [0.29, 0.717) is 5.92 Å². The summed E-state index contributed by atoms with van der Waals surface area (Å²) in [6, 6.07) is 6.87. The summed E-state index contributed by atoms with van der Waals surface area (Å²) in [5.74, 6) is 0.543. The average molecular weight is 224 g/mol. The molecule has 1 aliphatic rings. The molecule has 0 spiro atoms. The van der Waals surface area contributed by atoms with Crippen molar-refractivity contribution in [1.29, 1.82) is 0 Å². The molecule has 1 heterocycles. The summed E-state index contributed by atoms with van der Waals surface area (Å²) in [4.78, 5) is 0. The predicted octanol–water partition coefficient (Wildman–Crippen LogP) is 2.87. The fourth-order valence-electron chi connectivity index (χ4n) is 2.33. The zero-order chi connectivity index (χ0) is 11.4. The number of phenols is 1. The number of hydrogen-bond donors (Lipinski definition) is 1. The molecule has 0 radical (unpaired) electrons. The number of alkyl halides is 1. The lowest BCUT2D eigenvalue weighted by atomic mass is 9.82. The third kappa shape index (κ3) is 2.53. The summed E-state index contributed by atoms with van der Waals surface area (Å²) in [7, 11) is 0. The number of hydrogen-bond acceptors (Lipinski definition) is 2. The number of halogens is 1. The predicted molar refractivity (Wildman–Crippen MR) is 60.4 cm³/mol. The lowest BCUT2D eigenvalue weighted by Gasteiger charge is -2.28. The number of aromatic hydroxyl groups is 1. The molecule has 1 aromatic carbocycles. The van der Waals surface area contributed by atoms with Crippen LogP contribution in [0.5, 0.6) is 5.75 Å². The van der Waals surface area contributed by atoms with Gasteiger partial charge in [-0.1, -0.05) is 12.1 Å². The summed E-state index contributed by atoms with van der Waals surface area (Å²) < 4.78 is 18.4. The summed E-state index contributed by atoms with van der Waals surface area (Å²) in [6.45, 7) is 1.13. The van der Waals surface area contributed by atoms with Gasteiger partial charge in [0.05, 0.1) is 6.67 Å². The van der Waals surface area contributed by atoms with E-state index in [2.05, 4.69) is 0 Å². The van der Waals surface area contributed by atoms with Crippen molar-refractivity contribution in [2.75, 3.05) is 19.9 Å².